The number of carbonyl (C=O) groups excluding carboxylic acids is 3. The lowest BCUT2D eigenvalue weighted by Gasteiger charge is -2.34. The Hall–Kier alpha value is -2.78. The third-order valence-electron chi connectivity index (χ3n) is 4.73. The first-order chi connectivity index (χ1) is 15.0. The van der Waals surface area contributed by atoms with Crippen LogP contribution in [0.15, 0.2) is 30.3 Å². The van der Waals surface area contributed by atoms with E-state index in [0.29, 0.717) is 28.7 Å². The van der Waals surface area contributed by atoms with Gasteiger partial charge in [0, 0.05) is 29.0 Å². The second-order valence-corrected chi connectivity index (χ2v) is 10.1. The van der Waals surface area contributed by atoms with Crippen LogP contribution in [0.25, 0.3) is 10.4 Å². The van der Waals surface area contributed by atoms with E-state index in [2.05, 4.69) is 10.6 Å². The first-order valence-corrected chi connectivity index (χ1v) is 11.5. The van der Waals surface area contributed by atoms with Crippen molar-refractivity contribution in [1.29, 1.82) is 0 Å². The van der Waals surface area contributed by atoms with Crippen LogP contribution in [0.5, 0.6) is 0 Å². The number of nitrogens with zero attached hydrogens (tertiary/aromatic N) is 1. The van der Waals surface area contributed by atoms with Gasteiger partial charge in [-0.25, -0.2) is 9.59 Å². The van der Waals surface area contributed by atoms with Crippen LogP contribution in [-0.2, 0) is 4.74 Å². The molecule has 1 saturated heterocycles. The average Bonchev–Trinajstić information content (AvgIpc) is 3.10. The lowest BCUT2D eigenvalue weighted by Crippen LogP contribution is -2.50. The number of hydrogen-bond donors (Lipinski definition) is 3. The number of thiophene rings is 1. The maximum atomic E-state index is 13.1. The Kier molecular flexibility index (Phi) is 7.30. The van der Waals surface area contributed by atoms with E-state index in [0.717, 1.165) is 23.3 Å². The Bertz CT molecular complexity index is 1000. The SMILES string of the molecule is CC(C)(C)OC(=O)N1CCC[C@H](NC(=O)c2sc(-c3ccc(Cl)cc3)cc2NC(N)=O)C1. The van der Waals surface area contributed by atoms with Gasteiger partial charge in [-0.15, -0.1) is 11.3 Å². The number of ether oxygens (including phenoxy) is 1. The molecule has 0 spiro atoms. The van der Waals surface area contributed by atoms with Gasteiger partial charge in [0.25, 0.3) is 5.91 Å². The Morgan fingerprint density at radius 2 is 1.91 bits per heavy atom. The van der Waals surface area contributed by atoms with Crippen LogP contribution in [0, 0.1) is 0 Å². The van der Waals surface area contributed by atoms with Crippen molar-refractivity contribution in [2.75, 3.05) is 18.4 Å². The fraction of sp³-hybridized carbons (Fsp3) is 0.409. The molecule has 0 radical (unpaired) electrons. The van der Waals surface area contributed by atoms with Crippen LogP contribution in [0.4, 0.5) is 15.3 Å². The van der Waals surface area contributed by atoms with E-state index < -0.39 is 17.7 Å². The van der Waals surface area contributed by atoms with Gasteiger partial charge < -0.3 is 26.0 Å². The highest BCUT2D eigenvalue weighted by atomic mass is 35.5. The first-order valence-electron chi connectivity index (χ1n) is 10.3. The second kappa shape index (κ2) is 9.79. The zero-order valence-corrected chi connectivity index (χ0v) is 19.8. The Labute approximate surface area is 196 Å². The monoisotopic (exact) mass is 478 g/mol. The van der Waals surface area contributed by atoms with E-state index in [9.17, 15) is 14.4 Å². The van der Waals surface area contributed by atoms with Gasteiger partial charge in [0.2, 0.25) is 0 Å². The first kappa shape index (κ1) is 23.9. The van der Waals surface area contributed by atoms with Gasteiger partial charge in [0.1, 0.15) is 10.5 Å². The highest BCUT2D eigenvalue weighted by molar-refractivity contribution is 7.18. The smallest absolute Gasteiger partial charge is 0.410 e. The van der Waals surface area contributed by atoms with Gasteiger partial charge in [-0.2, -0.15) is 0 Å². The molecule has 3 rings (SSSR count). The summed E-state index contributed by atoms with van der Waals surface area (Å²) in [6.45, 7) is 6.38. The quantitative estimate of drug-likeness (QED) is 0.591. The lowest BCUT2D eigenvalue weighted by atomic mass is 10.1. The van der Waals surface area contributed by atoms with E-state index in [-0.39, 0.29) is 11.9 Å². The molecule has 2 aromatic rings. The summed E-state index contributed by atoms with van der Waals surface area (Å²) in [7, 11) is 0. The molecule has 1 aliphatic rings. The standard InChI is InChI=1S/C22H27ClN4O4S/c1-22(2,3)31-21(30)27-10-4-5-15(12-27)25-19(28)18-16(26-20(24)29)11-17(32-18)13-6-8-14(23)9-7-13/h6-9,11,15H,4-5,10,12H2,1-3H3,(H,25,28)(H3,24,26,29)/t15-/m0/s1. The molecule has 4 amide bonds. The number of nitrogens with one attached hydrogen (secondary N) is 2. The molecule has 1 atom stereocenters. The minimum absolute atomic E-state index is 0.230. The van der Waals surface area contributed by atoms with Crippen molar-refractivity contribution in [1.82, 2.24) is 10.2 Å². The Balaban J connectivity index is 1.75. The molecular weight excluding hydrogens is 452 g/mol. The molecule has 1 aliphatic heterocycles. The lowest BCUT2D eigenvalue weighted by molar-refractivity contribution is 0.0185. The van der Waals surface area contributed by atoms with Crippen molar-refractivity contribution >= 4 is 46.7 Å². The van der Waals surface area contributed by atoms with Crippen LogP contribution in [0.3, 0.4) is 0 Å². The number of anilines is 1. The third kappa shape index (κ3) is 6.37. The fourth-order valence-corrected chi connectivity index (χ4v) is 4.53. The summed E-state index contributed by atoms with van der Waals surface area (Å²) in [6.07, 6.45) is 1.09. The number of benzene rings is 1. The second-order valence-electron chi connectivity index (χ2n) is 8.59. The van der Waals surface area contributed by atoms with Crippen molar-refractivity contribution in [2.45, 2.75) is 45.3 Å². The van der Waals surface area contributed by atoms with Crippen molar-refractivity contribution < 1.29 is 19.1 Å². The molecule has 1 fully saturated rings. The van der Waals surface area contributed by atoms with E-state index in [1.54, 1.807) is 23.1 Å². The maximum Gasteiger partial charge on any atom is 0.410 e. The summed E-state index contributed by atoms with van der Waals surface area (Å²) < 4.78 is 5.44. The van der Waals surface area contributed by atoms with Gasteiger partial charge in [-0.1, -0.05) is 23.7 Å². The zero-order valence-electron chi connectivity index (χ0n) is 18.2. The Morgan fingerprint density at radius 3 is 2.53 bits per heavy atom. The number of piperidine rings is 1. The largest absolute Gasteiger partial charge is 0.444 e. The van der Waals surface area contributed by atoms with Gasteiger partial charge in [-0.05, 0) is 57.4 Å². The summed E-state index contributed by atoms with van der Waals surface area (Å²) in [5.74, 6) is -0.338. The molecule has 0 aliphatic carbocycles. The molecule has 2 heterocycles. The summed E-state index contributed by atoms with van der Waals surface area (Å²) in [5, 5.41) is 6.11. The summed E-state index contributed by atoms with van der Waals surface area (Å²) in [6, 6.07) is 7.91. The molecule has 10 heteroatoms. The normalized spacial score (nSPS) is 16.4. The number of rotatable bonds is 4. The maximum absolute atomic E-state index is 13.1. The van der Waals surface area contributed by atoms with Crippen LogP contribution >= 0.6 is 22.9 Å². The number of primary amides is 1. The van der Waals surface area contributed by atoms with E-state index in [1.165, 1.54) is 11.3 Å². The number of likely N-dealkylation sites (tertiary alicyclic amines) is 1. The van der Waals surface area contributed by atoms with Gasteiger partial charge in [-0.3, -0.25) is 4.79 Å². The van der Waals surface area contributed by atoms with Crippen molar-refractivity contribution in [3.05, 3.63) is 40.2 Å². The van der Waals surface area contributed by atoms with Gasteiger partial charge >= 0.3 is 12.1 Å². The number of nitrogens with two attached hydrogens (primary N) is 1. The number of hydrogen-bond acceptors (Lipinski definition) is 5. The van der Waals surface area contributed by atoms with E-state index >= 15 is 0 Å². The summed E-state index contributed by atoms with van der Waals surface area (Å²) >= 11 is 7.20. The third-order valence-corrected chi connectivity index (χ3v) is 6.17. The number of amides is 4. The minimum Gasteiger partial charge on any atom is -0.444 e. The van der Waals surface area contributed by atoms with Gasteiger partial charge in [0.05, 0.1) is 5.69 Å². The molecule has 0 unspecified atom stereocenters. The minimum atomic E-state index is -0.756. The number of urea groups is 1. The number of halogens is 1. The van der Waals surface area contributed by atoms with Gasteiger partial charge in [0.15, 0.2) is 0 Å². The van der Waals surface area contributed by atoms with E-state index in [4.69, 9.17) is 22.1 Å². The zero-order chi connectivity index (χ0) is 23.5. The van der Waals surface area contributed by atoms with Crippen LogP contribution < -0.4 is 16.4 Å². The van der Waals surface area contributed by atoms with Crippen molar-refractivity contribution in [3.8, 4) is 10.4 Å². The Morgan fingerprint density at radius 1 is 1.22 bits per heavy atom. The topological polar surface area (TPSA) is 114 Å². The molecule has 1 aromatic carbocycles. The molecule has 0 saturated carbocycles. The molecular formula is C22H27ClN4O4S. The number of carbonyl (C=O) groups is 3. The predicted molar refractivity (Wildman–Crippen MR) is 126 cm³/mol. The average molecular weight is 479 g/mol. The summed E-state index contributed by atoms with van der Waals surface area (Å²) in [5.41, 5.74) is 5.91. The van der Waals surface area contributed by atoms with E-state index in [1.807, 2.05) is 32.9 Å². The molecule has 0 bridgehead atoms. The molecule has 172 valence electrons. The van der Waals surface area contributed by atoms with Crippen LogP contribution in [0.2, 0.25) is 5.02 Å². The van der Waals surface area contributed by atoms with Crippen LogP contribution in [0.1, 0.15) is 43.3 Å². The predicted octanol–water partition coefficient (Wildman–Crippen LogP) is 4.69. The van der Waals surface area contributed by atoms with Crippen LogP contribution in [-0.4, -0.2) is 47.7 Å². The molecule has 4 N–H and O–H groups in total. The molecule has 1 aromatic heterocycles. The summed E-state index contributed by atoms with van der Waals surface area (Å²) in [4.78, 5) is 39.7. The van der Waals surface area contributed by atoms with Crippen molar-refractivity contribution in [3.63, 3.8) is 0 Å². The highest BCUT2D eigenvalue weighted by Gasteiger charge is 2.29. The highest BCUT2D eigenvalue weighted by Crippen LogP contribution is 2.35. The van der Waals surface area contributed by atoms with Crippen molar-refractivity contribution in [2.24, 2.45) is 5.73 Å². The molecule has 8 nitrogen and oxygen atoms in total. The fourth-order valence-electron chi connectivity index (χ4n) is 3.38. The molecule has 32 heavy (non-hydrogen) atoms.